The number of aromatic nitrogens is 1. The number of fused-ring (bicyclic) bond motifs is 5. The molecule has 3 fully saturated rings. The monoisotopic (exact) mass is 435 g/mol. The SMILES string of the molecule is CC12CCC3(F)CC4CC(O)CCC4CC[C@]3(O)C1CC=C2c1cccc2cnccc12. The molecule has 7 atom stereocenters. The summed E-state index contributed by atoms with van der Waals surface area (Å²) in [5, 5.41) is 24.7. The number of aliphatic hydroxyl groups excluding tert-OH is 1. The van der Waals surface area contributed by atoms with E-state index in [1.165, 1.54) is 16.5 Å². The molecule has 0 radical (unpaired) electrons. The zero-order valence-electron chi connectivity index (χ0n) is 18.9. The van der Waals surface area contributed by atoms with Crippen molar-refractivity contribution in [2.45, 2.75) is 82.1 Å². The van der Waals surface area contributed by atoms with Crippen LogP contribution >= 0.6 is 0 Å². The molecule has 2 N–H and O–H groups in total. The molecule has 2 aromatic rings. The summed E-state index contributed by atoms with van der Waals surface area (Å²) < 4.78 is 16.8. The lowest BCUT2D eigenvalue weighted by Crippen LogP contribution is -2.62. The summed E-state index contributed by atoms with van der Waals surface area (Å²) in [4.78, 5) is 4.28. The van der Waals surface area contributed by atoms with Crippen molar-refractivity contribution < 1.29 is 14.6 Å². The lowest BCUT2D eigenvalue weighted by atomic mass is 9.53. The number of hydrogen-bond acceptors (Lipinski definition) is 3. The highest BCUT2D eigenvalue weighted by Gasteiger charge is 2.66. The maximum atomic E-state index is 16.8. The molecule has 1 aromatic carbocycles. The van der Waals surface area contributed by atoms with Crippen molar-refractivity contribution in [3.8, 4) is 0 Å². The van der Waals surface area contributed by atoms with Crippen LogP contribution < -0.4 is 0 Å². The van der Waals surface area contributed by atoms with Gasteiger partial charge in [0.1, 0.15) is 11.3 Å². The second-order valence-corrected chi connectivity index (χ2v) is 11.3. The van der Waals surface area contributed by atoms with Crippen molar-refractivity contribution >= 4 is 16.3 Å². The first-order valence-corrected chi connectivity index (χ1v) is 12.5. The third-order valence-electron chi connectivity index (χ3n) is 9.90. The highest BCUT2D eigenvalue weighted by Crippen LogP contribution is 2.66. The Morgan fingerprint density at radius 1 is 1.06 bits per heavy atom. The molecule has 6 rings (SSSR count). The van der Waals surface area contributed by atoms with E-state index in [4.69, 9.17) is 0 Å². The molecule has 1 aromatic heterocycles. The standard InChI is InChI=1S/C28H34FNO2/c1-26-12-13-27(29)16-20-15-21(31)6-5-18(20)9-11-28(27,32)25(26)8-7-24(26)23-4-2-3-19-17-30-14-10-22(19)23/h2-4,7,10,14,17-18,20-21,25,31-32H,5-6,8-9,11-13,15-16H2,1H3/t18?,20?,21?,25?,26?,27?,28-/m0/s1. The molecule has 0 amide bonds. The first-order valence-electron chi connectivity index (χ1n) is 12.5. The first kappa shape index (κ1) is 20.8. The van der Waals surface area contributed by atoms with E-state index in [1.54, 1.807) is 0 Å². The highest BCUT2D eigenvalue weighted by molar-refractivity contribution is 5.95. The Kier molecular flexibility index (Phi) is 4.62. The van der Waals surface area contributed by atoms with Crippen LogP contribution in [0, 0.1) is 23.2 Å². The first-order chi connectivity index (χ1) is 15.3. The Morgan fingerprint density at radius 3 is 2.81 bits per heavy atom. The molecule has 3 nitrogen and oxygen atoms in total. The van der Waals surface area contributed by atoms with Crippen molar-refractivity contribution in [2.75, 3.05) is 0 Å². The molecule has 32 heavy (non-hydrogen) atoms. The molecule has 170 valence electrons. The Morgan fingerprint density at radius 2 is 1.94 bits per heavy atom. The Balaban J connectivity index is 1.38. The summed E-state index contributed by atoms with van der Waals surface area (Å²) in [6, 6.07) is 8.41. The number of pyridine rings is 1. The summed E-state index contributed by atoms with van der Waals surface area (Å²) in [7, 11) is 0. The van der Waals surface area contributed by atoms with Crippen LogP contribution in [0.25, 0.3) is 16.3 Å². The Hall–Kier alpha value is -1.78. The van der Waals surface area contributed by atoms with Gasteiger partial charge in [-0.15, -0.1) is 0 Å². The molecule has 3 saturated carbocycles. The van der Waals surface area contributed by atoms with Gasteiger partial charge in [0.15, 0.2) is 0 Å². The number of benzene rings is 1. The molecule has 4 aliphatic carbocycles. The smallest absolute Gasteiger partial charge is 0.140 e. The Bertz CT molecular complexity index is 1080. The van der Waals surface area contributed by atoms with Gasteiger partial charge in [-0.2, -0.15) is 0 Å². The summed E-state index contributed by atoms with van der Waals surface area (Å²) in [5.74, 6) is 0.527. The average Bonchev–Trinajstić information content (AvgIpc) is 3.08. The van der Waals surface area contributed by atoms with E-state index in [9.17, 15) is 10.2 Å². The summed E-state index contributed by atoms with van der Waals surface area (Å²) in [5.41, 5.74) is -0.620. The lowest BCUT2D eigenvalue weighted by molar-refractivity contribution is -0.195. The van der Waals surface area contributed by atoms with Gasteiger partial charge in [0.25, 0.3) is 0 Å². The maximum Gasteiger partial charge on any atom is 0.140 e. The average molecular weight is 436 g/mol. The minimum Gasteiger partial charge on any atom is -0.393 e. The van der Waals surface area contributed by atoms with Crippen LogP contribution in [0.15, 0.2) is 42.7 Å². The van der Waals surface area contributed by atoms with E-state index in [0.717, 1.165) is 37.5 Å². The topological polar surface area (TPSA) is 53.4 Å². The minimum absolute atomic E-state index is 0.106. The fourth-order valence-electron chi connectivity index (χ4n) is 8.14. The van der Waals surface area contributed by atoms with E-state index in [0.29, 0.717) is 31.6 Å². The molecular formula is C28H34FNO2. The van der Waals surface area contributed by atoms with Gasteiger partial charge in [-0.1, -0.05) is 31.2 Å². The van der Waals surface area contributed by atoms with Crippen LogP contribution in [0.4, 0.5) is 4.39 Å². The molecule has 0 spiro atoms. The van der Waals surface area contributed by atoms with Crippen molar-refractivity contribution in [3.05, 3.63) is 48.3 Å². The zero-order chi connectivity index (χ0) is 22.1. The number of halogens is 1. The fourth-order valence-corrected chi connectivity index (χ4v) is 8.14. The number of allylic oxidation sites excluding steroid dienone is 2. The van der Waals surface area contributed by atoms with Crippen molar-refractivity contribution in [2.24, 2.45) is 23.2 Å². The zero-order valence-corrected chi connectivity index (χ0v) is 18.9. The second kappa shape index (κ2) is 7.11. The van der Waals surface area contributed by atoms with Gasteiger partial charge < -0.3 is 10.2 Å². The Labute approximate surface area is 189 Å². The van der Waals surface area contributed by atoms with E-state index >= 15 is 4.39 Å². The molecule has 0 bridgehead atoms. The number of hydrogen-bond donors (Lipinski definition) is 2. The van der Waals surface area contributed by atoms with Gasteiger partial charge in [0.05, 0.1) is 6.10 Å². The second-order valence-electron chi connectivity index (χ2n) is 11.3. The number of rotatable bonds is 1. The van der Waals surface area contributed by atoms with E-state index in [1.807, 2.05) is 12.4 Å². The summed E-state index contributed by atoms with van der Waals surface area (Å²) in [6.07, 6.45) is 11.9. The lowest BCUT2D eigenvalue weighted by Gasteiger charge is -2.56. The fraction of sp³-hybridized carbons (Fsp3) is 0.607. The van der Waals surface area contributed by atoms with Gasteiger partial charge in [-0.05, 0) is 97.6 Å². The van der Waals surface area contributed by atoms with Crippen LogP contribution in [0.2, 0.25) is 0 Å². The van der Waals surface area contributed by atoms with Crippen molar-refractivity contribution in [1.82, 2.24) is 4.98 Å². The highest BCUT2D eigenvalue weighted by atomic mass is 19.1. The van der Waals surface area contributed by atoms with Gasteiger partial charge in [0, 0.05) is 23.7 Å². The molecule has 4 heteroatoms. The molecule has 0 saturated heterocycles. The number of aliphatic hydroxyl groups is 2. The number of nitrogens with zero attached hydrogens (tertiary/aromatic N) is 1. The molecular weight excluding hydrogens is 401 g/mol. The summed E-state index contributed by atoms with van der Waals surface area (Å²) in [6.45, 7) is 2.26. The number of alkyl halides is 1. The van der Waals surface area contributed by atoms with Crippen LogP contribution in [0.5, 0.6) is 0 Å². The predicted octanol–water partition coefficient (Wildman–Crippen LogP) is 5.84. The molecule has 0 aliphatic heterocycles. The van der Waals surface area contributed by atoms with Crippen molar-refractivity contribution in [3.63, 3.8) is 0 Å². The molecule has 1 heterocycles. The van der Waals surface area contributed by atoms with Crippen LogP contribution in [0.1, 0.15) is 70.3 Å². The maximum absolute atomic E-state index is 16.8. The molecule has 4 aliphatic rings. The predicted molar refractivity (Wildman–Crippen MR) is 125 cm³/mol. The van der Waals surface area contributed by atoms with E-state index in [2.05, 4.69) is 42.2 Å². The quantitative estimate of drug-likeness (QED) is 0.592. The van der Waals surface area contributed by atoms with Crippen molar-refractivity contribution in [1.29, 1.82) is 0 Å². The normalized spacial score (nSPS) is 43.7. The third-order valence-corrected chi connectivity index (χ3v) is 9.90. The van der Waals surface area contributed by atoms with Gasteiger partial charge in [-0.3, -0.25) is 4.98 Å². The van der Waals surface area contributed by atoms with Gasteiger partial charge >= 0.3 is 0 Å². The van der Waals surface area contributed by atoms with E-state index < -0.39 is 11.3 Å². The third kappa shape index (κ3) is 2.81. The van der Waals surface area contributed by atoms with Crippen LogP contribution in [0.3, 0.4) is 0 Å². The van der Waals surface area contributed by atoms with Gasteiger partial charge in [-0.25, -0.2) is 4.39 Å². The van der Waals surface area contributed by atoms with E-state index in [-0.39, 0.29) is 23.4 Å². The minimum atomic E-state index is -1.56. The molecule has 6 unspecified atom stereocenters. The summed E-state index contributed by atoms with van der Waals surface area (Å²) >= 11 is 0. The van der Waals surface area contributed by atoms with Crippen LogP contribution in [-0.4, -0.2) is 32.6 Å². The van der Waals surface area contributed by atoms with Gasteiger partial charge in [0.2, 0.25) is 0 Å². The largest absolute Gasteiger partial charge is 0.393 e. The van der Waals surface area contributed by atoms with Crippen LogP contribution in [-0.2, 0) is 0 Å².